The Morgan fingerprint density at radius 3 is 1.58 bits per heavy atom. The maximum atomic E-state index is 5.41. The molecule has 0 radical (unpaired) electrons. The first-order valence-corrected chi connectivity index (χ1v) is 9.14. The average molecular weight is 350 g/mol. The van der Waals surface area contributed by atoms with Crippen LogP contribution in [0.4, 0.5) is 0 Å². The van der Waals surface area contributed by atoms with Crippen LogP contribution < -0.4 is 9.47 Å². The van der Waals surface area contributed by atoms with Gasteiger partial charge < -0.3 is 9.47 Å². The van der Waals surface area contributed by atoms with Gasteiger partial charge in [0, 0.05) is 23.6 Å². The predicted octanol–water partition coefficient (Wildman–Crippen LogP) is 4.55. The molecule has 2 aromatic rings. The van der Waals surface area contributed by atoms with Gasteiger partial charge in [0.2, 0.25) is 0 Å². The van der Waals surface area contributed by atoms with Crippen molar-refractivity contribution in [3.05, 3.63) is 59.7 Å². The highest BCUT2D eigenvalue weighted by Gasteiger charge is 2.23. The smallest absolute Gasteiger partial charge is 0.127 e. The van der Waals surface area contributed by atoms with Crippen LogP contribution in [0.25, 0.3) is 0 Å². The van der Waals surface area contributed by atoms with Gasteiger partial charge in [0.05, 0.1) is 26.3 Å². The molecule has 4 heteroatoms. The summed E-state index contributed by atoms with van der Waals surface area (Å²) in [6.45, 7) is 0. The molecule has 1 aliphatic rings. The molecule has 0 saturated heterocycles. The molecule has 26 heavy (non-hydrogen) atoms. The summed E-state index contributed by atoms with van der Waals surface area (Å²) in [6, 6.07) is 16.3. The van der Waals surface area contributed by atoms with Crippen molar-refractivity contribution in [3.63, 3.8) is 0 Å². The minimum absolute atomic E-state index is 0.208. The molecule has 1 saturated carbocycles. The summed E-state index contributed by atoms with van der Waals surface area (Å²) in [5.41, 5.74) is 2.01. The summed E-state index contributed by atoms with van der Waals surface area (Å²) in [4.78, 5) is 9.70. The van der Waals surface area contributed by atoms with E-state index in [1.807, 2.05) is 61.0 Å². The summed E-state index contributed by atoms with van der Waals surface area (Å²) in [5, 5.41) is 0. The lowest BCUT2D eigenvalue weighted by molar-refractivity contribution is 0.389. The van der Waals surface area contributed by atoms with Gasteiger partial charge in [0.1, 0.15) is 11.5 Å². The van der Waals surface area contributed by atoms with E-state index < -0.39 is 0 Å². The molecule has 4 nitrogen and oxygen atoms in total. The molecule has 2 aromatic carbocycles. The summed E-state index contributed by atoms with van der Waals surface area (Å²) in [5.74, 6) is 1.70. The van der Waals surface area contributed by atoms with Gasteiger partial charge in [-0.25, -0.2) is 0 Å². The van der Waals surface area contributed by atoms with Crippen LogP contribution in [0.5, 0.6) is 11.5 Å². The Balaban J connectivity index is 1.75. The normalized spacial score (nSPS) is 20.5. The third kappa shape index (κ3) is 4.51. The van der Waals surface area contributed by atoms with E-state index in [0.717, 1.165) is 35.5 Å². The fourth-order valence-corrected chi connectivity index (χ4v) is 3.34. The lowest BCUT2D eigenvalue weighted by Gasteiger charge is -2.25. The number of benzene rings is 2. The van der Waals surface area contributed by atoms with E-state index in [9.17, 15) is 0 Å². The molecule has 0 N–H and O–H groups in total. The third-order valence-electron chi connectivity index (χ3n) is 4.78. The molecular weight excluding hydrogens is 324 g/mol. The second-order valence-corrected chi connectivity index (χ2v) is 6.46. The first kappa shape index (κ1) is 18.2. The van der Waals surface area contributed by atoms with Crippen molar-refractivity contribution in [2.45, 2.75) is 37.8 Å². The van der Waals surface area contributed by atoms with E-state index in [-0.39, 0.29) is 12.1 Å². The second kappa shape index (κ2) is 9.18. The number of hydrogen-bond donors (Lipinski definition) is 0. The van der Waals surface area contributed by atoms with Gasteiger partial charge in [-0.3, -0.25) is 9.98 Å². The Morgan fingerprint density at radius 2 is 1.15 bits per heavy atom. The van der Waals surface area contributed by atoms with Crippen LogP contribution in [0, 0.1) is 0 Å². The first-order valence-electron chi connectivity index (χ1n) is 9.14. The van der Waals surface area contributed by atoms with E-state index in [4.69, 9.17) is 19.5 Å². The van der Waals surface area contributed by atoms with Crippen molar-refractivity contribution in [2.24, 2.45) is 9.98 Å². The lowest BCUT2D eigenvalue weighted by atomic mass is 9.91. The zero-order chi connectivity index (χ0) is 18.2. The molecule has 0 spiro atoms. The van der Waals surface area contributed by atoms with Crippen LogP contribution in [0.1, 0.15) is 36.8 Å². The Hall–Kier alpha value is -2.62. The molecule has 0 amide bonds. The van der Waals surface area contributed by atoms with Crippen LogP contribution in [-0.4, -0.2) is 38.7 Å². The van der Waals surface area contributed by atoms with Crippen LogP contribution in [0.2, 0.25) is 0 Å². The maximum absolute atomic E-state index is 5.41. The van der Waals surface area contributed by atoms with Gasteiger partial charge in [0.25, 0.3) is 0 Å². The van der Waals surface area contributed by atoms with Crippen molar-refractivity contribution in [2.75, 3.05) is 14.2 Å². The number of rotatable bonds is 6. The third-order valence-corrected chi connectivity index (χ3v) is 4.78. The van der Waals surface area contributed by atoms with Gasteiger partial charge in [-0.1, -0.05) is 37.1 Å². The zero-order valence-corrected chi connectivity index (χ0v) is 15.5. The highest BCUT2D eigenvalue weighted by molar-refractivity contribution is 5.84. The molecule has 0 unspecified atom stereocenters. The van der Waals surface area contributed by atoms with Gasteiger partial charge in [-0.05, 0) is 37.1 Å². The van der Waals surface area contributed by atoms with Crippen molar-refractivity contribution >= 4 is 12.4 Å². The van der Waals surface area contributed by atoms with Crippen molar-refractivity contribution in [1.29, 1.82) is 0 Å². The number of nitrogens with zero attached hydrogens (tertiary/aromatic N) is 2. The molecule has 136 valence electrons. The highest BCUT2D eigenvalue weighted by Crippen LogP contribution is 2.25. The van der Waals surface area contributed by atoms with Crippen LogP contribution in [0.15, 0.2) is 58.5 Å². The second-order valence-electron chi connectivity index (χ2n) is 6.46. The first-order chi connectivity index (χ1) is 12.8. The topological polar surface area (TPSA) is 43.2 Å². The molecular formula is C22H26N2O2. The van der Waals surface area contributed by atoms with E-state index in [2.05, 4.69) is 0 Å². The number of hydrogen-bond acceptors (Lipinski definition) is 4. The maximum Gasteiger partial charge on any atom is 0.127 e. The lowest BCUT2D eigenvalue weighted by Crippen LogP contribution is -2.27. The largest absolute Gasteiger partial charge is 0.496 e. The quantitative estimate of drug-likeness (QED) is 0.717. The average Bonchev–Trinajstić information content (AvgIpc) is 2.71. The molecule has 1 aliphatic carbocycles. The van der Waals surface area contributed by atoms with Crippen molar-refractivity contribution < 1.29 is 9.47 Å². The van der Waals surface area contributed by atoms with Crippen molar-refractivity contribution in [1.82, 2.24) is 0 Å². The summed E-state index contributed by atoms with van der Waals surface area (Å²) in [6.07, 6.45) is 8.41. The Labute approximate surface area is 155 Å². The fraction of sp³-hybridized carbons (Fsp3) is 0.364. The Bertz CT molecular complexity index is 705. The van der Waals surface area contributed by atoms with E-state index in [1.54, 1.807) is 14.2 Å². The SMILES string of the molecule is COc1ccccc1C=N[C@@H]1CCCC[C@H]1N=Cc1ccccc1OC. The summed E-state index contributed by atoms with van der Waals surface area (Å²) >= 11 is 0. The molecule has 2 atom stereocenters. The minimum atomic E-state index is 0.208. The van der Waals surface area contributed by atoms with E-state index in [0.29, 0.717) is 0 Å². The van der Waals surface area contributed by atoms with Crippen molar-refractivity contribution in [3.8, 4) is 11.5 Å². The van der Waals surface area contributed by atoms with Gasteiger partial charge >= 0.3 is 0 Å². The predicted molar refractivity (Wildman–Crippen MR) is 107 cm³/mol. The fourth-order valence-electron chi connectivity index (χ4n) is 3.34. The minimum Gasteiger partial charge on any atom is -0.496 e. The number of methoxy groups -OCH3 is 2. The van der Waals surface area contributed by atoms with Gasteiger partial charge in [-0.2, -0.15) is 0 Å². The van der Waals surface area contributed by atoms with E-state index >= 15 is 0 Å². The van der Waals surface area contributed by atoms with Crippen LogP contribution >= 0.6 is 0 Å². The van der Waals surface area contributed by atoms with E-state index in [1.165, 1.54) is 12.8 Å². The highest BCUT2D eigenvalue weighted by atomic mass is 16.5. The summed E-state index contributed by atoms with van der Waals surface area (Å²) < 4.78 is 10.8. The molecule has 0 aliphatic heterocycles. The molecule has 0 bridgehead atoms. The molecule has 0 aromatic heterocycles. The molecule has 3 rings (SSSR count). The zero-order valence-electron chi connectivity index (χ0n) is 15.5. The Morgan fingerprint density at radius 1 is 0.731 bits per heavy atom. The number of aliphatic imine (C=N–C) groups is 2. The number of ether oxygens (including phenoxy) is 2. The molecule has 0 heterocycles. The summed E-state index contributed by atoms with van der Waals surface area (Å²) in [7, 11) is 3.38. The van der Waals surface area contributed by atoms with Crippen LogP contribution in [-0.2, 0) is 0 Å². The standard InChI is InChI=1S/C22H26N2O2/c1-25-21-13-7-3-9-17(21)15-23-19-11-5-6-12-20(19)24-16-18-10-4-8-14-22(18)26-2/h3-4,7-10,13-16,19-20H,5-6,11-12H2,1-2H3/t19-,20-/m1/s1. The van der Waals surface area contributed by atoms with Gasteiger partial charge in [0.15, 0.2) is 0 Å². The number of para-hydroxylation sites is 2. The Kier molecular flexibility index (Phi) is 6.42. The monoisotopic (exact) mass is 350 g/mol. The van der Waals surface area contributed by atoms with Gasteiger partial charge in [-0.15, -0.1) is 0 Å². The van der Waals surface area contributed by atoms with Crippen LogP contribution in [0.3, 0.4) is 0 Å². The molecule has 1 fully saturated rings.